The van der Waals surface area contributed by atoms with Crippen LogP contribution in [0.3, 0.4) is 0 Å². The summed E-state index contributed by atoms with van der Waals surface area (Å²) >= 11 is 12.2. The molecule has 0 spiro atoms. The van der Waals surface area contributed by atoms with Gasteiger partial charge in [0.2, 0.25) is 11.8 Å². The number of hydrogen-bond acceptors (Lipinski definition) is 2. The normalized spacial score (nSPS) is 19.6. The number of carbonyl (C=O) groups is 2. The predicted molar refractivity (Wildman–Crippen MR) is 102 cm³/mol. The second-order valence-corrected chi connectivity index (χ2v) is 7.62. The largest absolute Gasteiger partial charge is 0.338 e. The molecule has 2 heterocycles. The van der Waals surface area contributed by atoms with Gasteiger partial charge in [-0.3, -0.25) is 9.59 Å². The summed E-state index contributed by atoms with van der Waals surface area (Å²) in [5.41, 5.74) is 3.10. The van der Waals surface area contributed by atoms with Gasteiger partial charge < -0.3 is 9.80 Å². The van der Waals surface area contributed by atoms with E-state index in [-0.39, 0.29) is 24.2 Å². The molecular weight excluding hydrogens is 371 g/mol. The highest BCUT2D eigenvalue weighted by molar-refractivity contribution is 6.36. The highest BCUT2D eigenvalue weighted by atomic mass is 35.5. The van der Waals surface area contributed by atoms with Crippen LogP contribution in [-0.4, -0.2) is 29.8 Å². The molecule has 2 aromatic carbocycles. The van der Waals surface area contributed by atoms with Crippen molar-refractivity contribution < 1.29 is 9.59 Å². The van der Waals surface area contributed by atoms with E-state index in [1.165, 1.54) is 11.1 Å². The van der Waals surface area contributed by atoms with E-state index in [0.29, 0.717) is 35.4 Å². The summed E-state index contributed by atoms with van der Waals surface area (Å²) in [6.45, 7) is 1.67. The first-order chi connectivity index (χ1) is 12.5. The lowest BCUT2D eigenvalue weighted by Crippen LogP contribution is -2.40. The van der Waals surface area contributed by atoms with Gasteiger partial charge in [-0.15, -0.1) is 0 Å². The maximum Gasteiger partial charge on any atom is 0.228 e. The molecule has 6 heteroatoms. The maximum absolute atomic E-state index is 13.0. The van der Waals surface area contributed by atoms with E-state index >= 15 is 0 Å². The van der Waals surface area contributed by atoms with Gasteiger partial charge in [0, 0.05) is 31.1 Å². The smallest absolute Gasteiger partial charge is 0.228 e. The molecule has 4 rings (SSSR count). The van der Waals surface area contributed by atoms with Crippen molar-refractivity contribution in [2.45, 2.75) is 19.4 Å². The molecule has 0 saturated carbocycles. The Labute approximate surface area is 162 Å². The average molecular weight is 389 g/mol. The highest BCUT2D eigenvalue weighted by Gasteiger charge is 2.38. The first kappa shape index (κ1) is 17.4. The molecular formula is C20H18Cl2N2O2. The monoisotopic (exact) mass is 388 g/mol. The maximum atomic E-state index is 13.0. The minimum Gasteiger partial charge on any atom is -0.338 e. The van der Waals surface area contributed by atoms with Crippen molar-refractivity contribution in [1.82, 2.24) is 4.90 Å². The van der Waals surface area contributed by atoms with Gasteiger partial charge >= 0.3 is 0 Å². The quantitative estimate of drug-likeness (QED) is 0.781. The summed E-state index contributed by atoms with van der Waals surface area (Å²) in [7, 11) is 0. The van der Waals surface area contributed by atoms with Crippen LogP contribution in [0.4, 0.5) is 5.69 Å². The molecule has 4 nitrogen and oxygen atoms in total. The van der Waals surface area contributed by atoms with Crippen LogP contribution in [0, 0.1) is 5.92 Å². The van der Waals surface area contributed by atoms with E-state index in [1.807, 2.05) is 17.0 Å². The third-order valence-electron chi connectivity index (χ3n) is 5.12. The Morgan fingerprint density at radius 2 is 1.85 bits per heavy atom. The Bertz CT molecular complexity index is 884. The van der Waals surface area contributed by atoms with E-state index in [2.05, 4.69) is 12.1 Å². The van der Waals surface area contributed by atoms with Gasteiger partial charge in [-0.2, -0.15) is 0 Å². The fraction of sp³-hybridized carbons (Fsp3) is 0.300. The van der Waals surface area contributed by atoms with Crippen molar-refractivity contribution in [1.29, 1.82) is 0 Å². The summed E-state index contributed by atoms with van der Waals surface area (Å²) < 4.78 is 0. The Balaban J connectivity index is 1.49. The molecule has 0 bridgehead atoms. The van der Waals surface area contributed by atoms with Crippen LogP contribution < -0.4 is 4.90 Å². The topological polar surface area (TPSA) is 40.6 Å². The van der Waals surface area contributed by atoms with Crippen LogP contribution in [0.15, 0.2) is 42.5 Å². The zero-order chi connectivity index (χ0) is 18.3. The molecule has 0 aliphatic carbocycles. The molecule has 0 N–H and O–H groups in total. The fourth-order valence-electron chi connectivity index (χ4n) is 3.75. The molecule has 0 radical (unpaired) electrons. The molecule has 26 heavy (non-hydrogen) atoms. The lowest BCUT2D eigenvalue weighted by atomic mass is 9.98. The van der Waals surface area contributed by atoms with Gasteiger partial charge in [-0.05, 0) is 35.7 Å². The average Bonchev–Trinajstić information content (AvgIpc) is 3.02. The van der Waals surface area contributed by atoms with Crippen molar-refractivity contribution >= 4 is 40.7 Å². The van der Waals surface area contributed by atoms with Crippen LogP contribution in [-0.2, 0) is 22.6 Å². The molecule has 2 aliphatic rings. The Morgan fingerprint density at radius 3 is 2.62 bits per heavy atom. The second kappa shape index (κ2) is 6.93. The molecule has 1 saturated heterocycles. The minimum absolute atomic E-state index is 0.0421. The third kappa shape index (κ3) is 3.19. The minimum atomic E-state index is -0.334. The number of rotatable bonds is 2. The van der Waals surface area contributed by atoms with Gasteiger partial charge in [-0.1, -0.05) is 47.5 Å². The summed E-state index contributed by atoms with van der Waals surface area (Å²) in [5.74, 6) is -0.370. The molecule has 1 unspecified atom stereocenters. The van der Waals surface area contributed by atoms with Gasteiger partial charge in [0.15, 0.2) is 0 Å². The number of anilines is 1. The highest BCUT2D eigenvalue weighted by Crippen LogP contribution is 2.34. The zero-order valence-corrected chi connectivity index (χ0v) is 15.6. The molecule has 1 atom stereocenters. The van der Waals surface area contributed by atoms with Crippen LogP contribution in [0.2, 0.25) is 10.0 Å². The van der Waals surface area contributed by atoms with E-state index < -0.39 is 0 Å². The Kier molecular flexibility index (Phi) is 4.63. The molecule has 2 aliphatic heterocycles. The van der Waals surface area contributed by atoms with Gasteiger partial charge in [0.25, 0.3) is 0 Å². The van der Waals surface area contributed by atoms with Crippen molar-refractivity contribution in [2.24, 2.45) is 5.92 Å². The second-order valence-electron chi connectivity index (χ2n) is 6.78. The zero-order valence-electron chi connectivity index (χ0n) is 14.1. The first-order valence-corrected chi connectivity index (χ1v) is 9.39. The van der Waals surface area contributed by atoms with Gasteiger partial charge in [0.05, 0.1) is 16.6 Å². The number of nitrogens with zero attached hydrogens (tertiary/aromatic N) is 2. The Hall–Kier alpha value is -2.04. The Morgan fingerprint density at radius 1 is 1.08 bits per heavy atom. The molecule has 2 aromatic rings. The van der Waals surface area contributed by atoms with E-state index in [9.17, 15) is 9.59 Å². The lowest BCUT2D eigenvalue weighted by Gasteiger charge is -2.30. The van der Waals surface area contributed by atoms with Crippen molar-refractivity contribution in [3.63, 3.8) is 0 Å². The van der Waals surface area contributed by atoms with E-state index in [1.54, 1.807) is 23.1 Å². The van der Waals surface area contributed by atoms with Crippen LogP contribution >= 0.6 is 23.2 Å². The number of benzene rings is 2. The summed E-state index contributed by atoms with van der Waals surface area (Å²) in [5, 5.41) is 0.941. The fourth-order valence-corrected chi connectivity index (χ4v) is 4.26. The number of carbonyl (C=O) groups excluding carboxylic acids is 2. The van der Waals surface area contributed by atoms with Crippen molar-refractivity contribution in [3.8, 4) is 0 Å². The standard InChI is InChI=1S/C20H18Cl2N2O2/c21-16-5-6-18(17(22)10-16)24-12-15(9-19(24)25)20(26)23-8-7-13-3-1-2-4-14(13)11-23/h1-6,10,15H,7-9,11-12H2. The third-order valence-corrected chi connectivity index (χ3v) is 5.65. The number of amides is 2. The number of halogens is 2. The van der Waals surface area contributed by atoms with E-state index in [0.717, 1.165) is 6.42 Å². The summed E-state index contributed by atoms with van der Waals surface area (Å²) in [6, 6.07) is 13.2. The first-order valence-electron chi connectivity index (χ1n) is 8.64. The van der Waals surface area contributed by atoms with E-state index in [4.69, 9.17) is 23.2 Å². The van der Waals surface area contributed by atoms with Gasteiger partial charge in [0.1, 0.15) is 0 Å². The molecule has 0 aromatic heterocycles. The number of fused-ring (bicyclic) bond motifs is 1. The van der Waals surface area contributed by atoms with Crippen molar-refractivity contribution in [2.75, 3.05) is 18.0 Å². The lowest BCUT2D eigenvalue weighted by molar-refractivity contribution is -0.136. The van der Waals surface area contributed by atoms with Crippen LogP contribution in [0.5, 0.6) is 0 Å². The van der Waals surface area contributed by atoms with Crippen LogP contribution in [0.1, 0.15) is 17.5 Å². The number of hydrogen-bond donors (Lipinski definition) is 0. The SMILES string of the molecule is O=C(C1CC(=O)N(c2ccc(Cl)cc2Cl)C1)N1CCc2ccccc2C1. The summed E-state index contributed by atoms with van der Waals surface area (Å²) in [6.07, 6.45) is 1.07. The van der Waals surface area contributed by atoms with Gasteiger partial charge in [-0.25, -0.2) is 0 Å². The molecule has 1 fully saturated rings. The van der Waals surface area contributed by atoms with Crippen LogP contribution in [0.25, 0.3) is 0 Å². The predicted octanol–water partition coefficient (Wildman–Crippen LogP) is 3.93. The summed E-state index contributed by atoms with van der Waals surface area (Å²) in [4.78, 5) is 28.9. The van der Waals surface area contributed by atoms with Crippen molar-refractivity contribution in [3.05, 3.63) is 63.6 Å². The molecule has 134 valence electrons. The molecule has 2 amide bonds.